The first kappa shape index (κ1) is 13.7. The monoisotopic (exact) mass is 318 g/mol. The topological polar surface area (TPSA) is 35.8 Å². The average molecular weight is 319 g/mol. The molecular weight excluding hydrogens is 307 g/mol. The van der Waals surface area contributed by atoms with Gasteiger partial charge in [0.15, 0.2) is 0 Å². The van der Waals surface area contributed by atoms with Crippen molar-refractivity contribution >= 4 is 15.9 Å². The highest BCUT2D eigenvalue weighted by Gasteiger charge is 2.01. The third kappa shape index (κ3) is 3.88. The number of nitrogens with one attached hydrogen (secondary N) is 1. The second-order valence-corrected chi connectivity index (χ2v) is 5.02. The number of rotatable bonds is 4. The molecule has 0 saturated heterocycles. The Hall–Kier alpha value is -1.70. The van der Waals surface area contributed by atoms with E-state index in [1.165, 1.54) is 6.07 Å². The zero-order chi connectivity index (χ0) is 13.7. The predicted molar refractivity (Wildman–Crippen MR) is 75.8 cm³/mol. The van der Waals surface area contributed by atoms with Crippen molar-refractivity contribution in [1.82, 2.24) is 5.32 Å². The Morgan fingerprint density at radius 2 is 1.84 bits per heavy atom. The highest BCUT2D eigenvalue weighted by molar-refractivity contribution is 9.10. The number of hydrogen-bond donors (Lipinski definition) is 1. The fourth-order valence-corrected chi connectivity index (χ4v) is 2.00. The smallest absolute Gasteiger partial charge is 0.137 e. The lowest BCUT2D eigenvalue weighted by atomic mass is 10.1. The van der Waals surface area contributed by atoms with Crippen LogP contribution in [0.4, 0.5) is 4.39 Å². The fourth-order valence-electron chi connectivity index (χ4n) is 1.75. The van der Waals surface area contributed by atoms with E-state index >= 15 is 0 Å². The van der Waals surface area contributed by atoms with Crippen LogP contribution in [0.1, 0.15) is 16.7 Å². The summed E-state index contributed by atoms with van der Waals surface area (Å²) in [5, 5.41) is 12.0. The predicted octanol–water partition coefficient (Wildman–Crippen LogP) is 3.75. The Bertz CT molecular complexity index is 620. The van der Waals surface area contributed by atoms with Gasteiger partial charge in [-0.1, -0.05) is 18.2 Å². The van der Waals surface area contributed by atoms with Crippen molar-refractivity contribution in [3.05, 3.63) is 69.4 Å². The minimum Gasteiger partial charge on any atom is -0.309 e. The van der Waals surface area contributed by atoms with E-state index in [1.807, 2.05) is 24.3 Å². The molecule has 0 fully saturated rings. The standard InChI is InChI=1S/C15H12BrFN2/c16-14-5-4-13(7-15(14)17)10-19-9-12-3-1-2-11(6-12)8-18/h1-7,19H,9-10H2. The summed E-state index contributed by atoms with van der Waals surface area (Å²) in [6, 6.07) is 14.6. The third-order valence-electron chi connectivity index (χ3n) is 2.70. The van der Waals surface area contributed by atoms with Crippen molar-refractivity contribution < 1.29 is 4.39 Å². The van der Waals surface area contributed by atoms with Gasteiger partial charge >= 0.3 is 0 Å². The van der Waals surface area contributed by atoms with Gasteiger partial charge in [-0.3, -0.25) is 0 Å². The lowest BCUT2D eigenvalue weighted by Crippen LogP contribution is -2.12. The molecule has 0 saturated carbocycles. The van der Waals surface area contributed by atoms with E-state index in [-0.39, 0.29) is 5.82 Å². The van der Waals surface area contributed by atoms with Crippen molar-refractivity contribution in [2.24, 2.45) is 0 Å². The van der Waals surface area contributed by atoms with Crippen LogP contribution in [0.25, 0.3) is 0 Å². The molecule has 0 unspecified atom stereocenters. The molecule has 2 rings (SSSR count). The van der Waals surface area contributed by atoms with Crippen LogP contribution in [0, 0.1) is 17.1 Å². The van der Waals surface area contributed by atoms with Gasteiger partial charge in [0.1, 0.15) is 5.82 Å². The van der Waals surface area contributed by atoms with Crippen LogP contribution >= 0.6 is 15.9 Å². The number of halogens is 2. The highest BCUT2D eigenvalue weighted by atomic mass is 79.9. The molecule has 2 aromatic carbocycles. The number of hydrogen-bond acceptors (Lipinski definition) is 2. The van der Waals surface area contributed by atoms with E-state index in [0.717, 1.165) is 11.1 Å². The first-order chi connectivity index (χ1) is 9.19. The summed E-state index contributed by atoms with van der Waals surface area (Å²) in [4.78, 5) is 0. The lowest BCUT2D eigenvalue weighted by Gasteiger charge is -2.06. The largest absolute Gasteiger partial charge is 0.309 e. The van der Waals surface area contributed by atoms with E-state index in [1.54, 1.807) is 12.1 Å². The van der Waals surface area contributed by atoms with E-state index in [4.69, 9.17) is 5.26 Å². The van der Waals surface area contributed by atoms with Gasteiger partial charge in [0.05, 0.1) is 16.1 Å². The summed E-state index contributed by atoms with van der Waals surface area (Å²) in [7, 11) is 0. The summed E-state index contributed by atoms with van der Waals surface area (Å²) in [6.45, 7) is 1.23. The van der Waals surface area contributed by atoms with Crippen molar-refractivity contribution in [3.8, 4) is 6.07 Å². The maximum absolute atomic E-state index is 13.3. The highest BCUT2D eigenvalue weighted by Crippen LogP contribution is 2.16. The minimum absolute atomic E-state index is 0.259. The Morgan fingerprint density at radius 1 is 1.11 bits per heavy atom. The SMILES string of the molecule is N#Cc1cccc(CNCc2ccc(Br)c(F)c2)c1. The summed E-state index contributed by atoms with van der Waals surface area (Å²) in [5.41, 5.74) is 2.57. The minimum atomic E-state index is -0.259. The average Bonchev–Trinajstić information content (AvgIpc) is 2.43. The summed E-state index contributed by atoms with van der Waals surface area (Å²) < 4.78 is 13.8. The molecule has 19 heavy (non-hydrogen) atoms. The van der Waals surface area contributed by atoms with Crippen molar-refractivity contribution in [3.63, 3.8) is 0 Å². The molecule has 0 aliphatic carbocycles. The summed E-state index contributed by atoms with van der Waals surface area (Å²) in [5.74, 6) is -0.259. The van der Waals surface area contributed by atoms with Crippen LogP contribution < -0.4 is 5.32 Å². The number of nitrogens with zero attached hydrogens (tertiary/aromatic N) is 1. The number of benzene rings is 2. The molecule has 0 bridgehead atoms. The molecule has 0 aliphatic heterocycles. The van der Waals surface area contributed by atoms with Gasteiger partial charge in [0.25, 0.3) is 0 Å². The van der Waals surface area contributed by atoms with Crippen LogP contribution in [0.3, 0.4) is 0 Å². The molecule has 96 valence electrons. The molecule has 0 atom stereocenters. The first-order valence-corrected chi connectivity index (χ1v) is 6.62. The maximum atomic E-state index is 13.3. The van der Waals surface area contributed by atoms with Crippen LogP contribution in [0.15, 0.2) is 46.9 Å². The van der Waals surface area contributed by atoms with Crippen LogP contribution in [0.5, 0.6) is 0 Å². The zero-order valence-electron chi connectivity index (χ0n) is 10.2. The molecular formula is C15H12BrFN2. The molecule has 0 aliphatic rings. The molecule has 1 N–H and O–H groups in total. The van der Waals surface area contributed by atoms with Gasteiger partial charge in [-0.05, 0) is 51.3 Å². The molecule has 0 radical (unpaired) electrons. The van der Waals surface area contributed by atoms with Crippen LogP contribution in [-0.4, -0.2) is 0 Å². The Balaban J connectivity index is 1.92. The molecule has 2 aromatic rings. The normalized spacial score (nSPS) is 10.2. The van der Waals surface area contributed by atoms with Gasteiger partial charge in [-0.2, -0.15) is 5.26 Å². The van der Waals surface area contributed by atoms with Gasteiger partial charge in [0.2, 0.25) is 0 Å². The van der Waals surface area contributed by atoms with Crippen molar-refractivity contribution in [1.29, 1.82) is 5.26 Å². The van der Waals surface area contributed by atoms with E-state index < -0.39 is 0 Å². The van der Waals surface area contributed by atoms with Gasteiger partial charge in [-0.25, -0.2) is 4.39 Å². The zero-order valence-corrected chi connectivity index (χ0v) is 11.7. The van der Waals surface area contributed by atoms with Crippen LogP contribution in [-0.2, 0) is 13.1 Å². The first-order valence-electron chi connectivity index (χ1n) is 5.83. The molecule has 0 aromatic heterocycles. The summed E-state index contributed by atoms with van der Waals surface area (Å²) in [6.07, 6.45) is 0. The van der Waals surface area contributed by atoms with Crippen LogP contribution in [0.2, 0.25) is 0 Å². The van der Waals surface area contributed by atoms with Crippen molar-refractivity contribution in [2.45, 2.75) is 13.1 Å². The second-order valence-electron chi connectivity index (χ2n) is 4.16. The Labute approximate surface area is 120 Å². The van der Waals surface area contributed by atoms with E-state index in [9.17, 15) is 4.39 Å². The van der Waals surface area contributed by atoms with Gasteiger partial charge in [0, 0.05) is 13.1 Å². The molecule has 0 amide bonds. The molecule has 2 nitrogen and oxygen atoms in total. The Kier molecular flexibility index (Phi) is 4.67. The van der Waals surface area contributed by atoms with Gasteiger partial charge in [-0.15, -0.1) is 0 Å². The fraction of sp³-hybridized carbons (Fsp3) is 0.133. The molecule has 0 spiro atoms. The summed E-state index contributed by atoms with van der Waals surface area (Å²) >= 11 is 3.12. The molecule has 0 heterocycles. The third-order valence-corrected chi connectivity index (χ3v) is 3.34. The molecule has 4 heteroatoms. The number of nitriles is 1. The lowest BCUT2D eigenvalue weighted by molar-refractivity contribution is 0.614. The second kappa shape index (κ2) is 6.46. The maximum Gasteiger partial charge on any atom is 0.137 e. The van der Waals surface area contributed by atoms with E-state index in [2.05, 4.69) is 27.3 Å². The quantitative estimate of drug-likeness (QED) is 0.932. The Morgan fingerprint density at radius 3 is 2.53 bits per heavy atom. The van der Waals surface area contributed by atoms with E-state index in [0.29, 0.717) is 23.1 Å². The van der Waals surface area contributed by atoms with Crippen molar-refractivity contribution in [2.75, 3.05) is 0 Å². The van der Waals surface area contributed by atoms with Gasteiger partial charge < -0.3 is 5.32 Å².